The summed E-state index contributed by atoms with van der Waals surface area (Å²) in [6.07, 6.45) is -9.90. The summed E-state index contributed by atoms with van der Waals surface area (Å²) in [5.74, 6) is -7.13. The van der Waals surface area contributed by atoms with Crippen LogP contribution in [0.4, 0.5) is 36.4 Å². The molecule has 2 aliphatic rings. The van der Waals surface area contributed by atoms with E-state index in [2.05, 4.69) is 10.0 Å². The second-order valence-electron chi connectivity index (χ2n) is 9.75. The van der Waals surface area contributed by atoms with E-state index in [0.717, 1.165) is 15.5 Å². The number of benzene rings is 1. The monoisotopic (exact) mass is 663 g/mol. The molecule has 236 valence electrons. The average molecular weight is 664 g/mol. The van der Waals surface area contributed by atoms with Gasteiger partial charge in [0.05, 0.1) is 12.2 Å². The van der Waals surface area contributed by atoms with Crippen molar-refractivity contribution in [2.75, 3.05) is 25.0 Å². The molecule has 43 heavy (non-hydrogen) atoms. The lowest BCUT2D eigenvalue weighted by Gasteiger charge is -2.23. The first-order chi connectivity index (χ1) is 19.7. The summed E-state index contributed by atoms with van der Waals surface area (Å²) in [6.45, 7) is -0.503. The number of likely N-dealkylation sites (tertiary alicyclic amines) is 1. The number of hydrogen-bond donors (Lipinski definition) is 3. The Morgan fingerprint density at radius 1 is 1.14 bits per heavy atom. The van der Waals surface area contributed by atoms with Gasteiger partial charge in [-0.2, -0.15) is 26.3 Å². The highest BCUT2D eigenvalue weighted by Gasteiger charge is 2.46. The number of ether oxygens (including phenoxy) is 1. The molecule has 0 saturated carbocycles. The Labute approximate surface area is 243 Å². The van der Waals surface area contributed by atoms with Crippen molar-refractivity contribution >= 4 is 45.0 Å². The van der Waals surface area contributed by atoms with Gasteiger partial charge >= 0.3 is 24.2 Å². The number of sulfonamides is 1. The number of nitrogens with one attached hydrogen (secondary N) is 3. The molecule has 1 aromatic heterocycles. The number of rotatable bonds is 3. The molecule has 3 heterocycles. The molecule has 0 spiro atoms. The van der Waals surface area contributed by atoms with Gasteiger partial charge in [-0.25, -0.2) is 17.5 Å². The summed E-state index contributed by atoms with van der Waals surface area (Å²) >= 11 is 6.22. The highest BCUT2D eigenvalue weighted by atomic mass is 35.5. The van der Waals surface area contributed by atoms with Gasteiger partial charge in [0.2, 0.25) is 10.0 Å². The van der Waals surface area contributed by atoms with E-state index in [1.165, 1.54) is 12.4 Å². The lowest BCUT2D eigenvalue weighted by Crippen LogP contribution is -2.50. The summed E-state index contributed by atoms with van der Waals surface area (Å²) < 4.78 is 127. The quantitative estimate of drug-likeness (QED) is 0.341. The van der Waals surface area contributed by atoms with Gasteiger partial charge in [-0.15, -0.1) is 0 Å². The normalized spacial score (nSPS) is 20.7. The topological polar surface area (TPSA) is 139 Å². The fourth-order valence-electron chi connectivity index (χ4n) is 4.51. The SMILES string of the molecule is C[C@@H](NC(=O)C(=O)N1C[C@H]2COc3c(c(Cl)n(C)c3C(=O)Nc3ccc(F)c(C(F)(F)F)c3)S(=O)(=O)N[C@H]2C1)C(F)(F)F. The number of amides is 3. The molecule has 0 aliphatic carbocycles. The van der Waals surface area contributed by atoms with Crippen LogP contribution < -0.4 is 20.1 Å². The van der Waals surface area contributed by atoms with Crippen LogP contribution in [0, 0.1) is 11.7 Å². The molecular weight excluding hydrogens is 643 g/mol. The minimum Gasteiger partial charge on any atom is -0.489 e. The van der Waals surface area contributed by atoms with E-state index >= 15 is 0 Å². The fraction of sp³-hybridized carbons (Fsp3) is 0.435. The van der Waals surface area contributed by atoms with Gasteiger partial charge in [-0.3, -0.25) is 14.4 Å². The van der Waals surface area contributed by atoms with Crippen molar-refractivity contribution in [3.63, 3.8) is 0 Å². The number of aromatic nitrogens is 1. The Kier molecular flexibility index (Phi) is 8.39. The zero-order valence-corrected chi connectivity index (χ0v) is 23.4. The average Bonchev–Trinajstić information content (AvgIpc) is 3.38. The second kappa shape index (κ2) is 11.2. The smallest absolute Gasteiger partial charge is 0.419 e. The zero-order valence-electron chi connectivity index (χ0n) is 21.9. The number of nitrogens with zero attached hydrogens (tertiary/aromatic N) is 2. The van der Waals surface area contributed by atoms with Crippen LogP contribution in [0.15, 0.2) is 23.1 Å². The molecule has 0 bridgehead atoms. The summed E-state index contributed by atoms with van der Waals surface area (Å²) in [6, 6.07) is -1.76. The third-order valence-corrected chi connectivity index (χ3v) is 8.85. The van der Waals surface area contributed by atoms with Gasteiger partial charge in [0.1, 0.15) is 17.0 Å². The van der Waals surface area contributed by atoms with Gasteiger partial charge < -0.3 is 24.8 Å². The van der Waals surface area contributed by atoms with Crippen LogP contribution >= 0.6 is 11.6 Å². The molecule has 3 amide bonds. The number of anilines is 1. The lowest BCUT2D eigenvalue weighted by molar-refractivity contribution is -0.162. The molecule has 3 atom stereocenters. The van der Waals surface area contributed by atoms with E-state index in [0.29, 0.717) is 19.1 Å². The molecule has 1 saturated heterocycles. The highest BCUT2D eigenvalue weighted by molar-refractivity contribution is 7.89. The molecule has 11 nitrogen and oxygen atoms in total. The zero-order chi connectivity index (χ0) is 32.2. The van der Waals surface area contributed by atoms with Gasteiger partial charge in [-0.1, -0.05) is 11.6 Å². The standard InChI is InChI=1S/C23H21ClF7N5O6S/c1-9(22(26,27)28)32-20(38)21(39)36-6-10-8-42-16-15(35(2)18(24)17(16)43(40,41)34-14(10)7-36)19(37)33-11-3-4-13(25)12(5-11)23(29,30)31/h3-5,9-10,14,34H,6-8H2,1-2H3,(H,32,38)(H,33,37)/t9-,10+,14+/m1/s1. The summed E-state index contributed by atoms with van der Waals surface area (Å²) in [5.41, 5.74) is -2.69. The van der Waals surface area contributed by atoms with Crippen LogP contribution in [0.2, 0.25) is 5.15 Å². The number of fused-ring (bicyclic) bond motifs is 2. The summed E-state index contributed by atoms with van der Waals surface area (Å²) in [4.78, 5) is 37.9. The van der Waals surface area contributed by atoms with Gasteiger partial charge in [0, 0.05) is 37.8 Å². The Morgan fingerprint density at radius 3 is 2.40 bits per heavy atom. The van der Waals surface area contributed by atoms with E-state index < -0.39 is 103 Å². The fourth-order valence-corrected chi connectivity index (χ4v) is 6.53. The van der Waals surface area contributed by atoms with Gasteiger partial charge in [-0.05, 0) is 25.1 Å². The van der Waals surface area contributed by atoms with E-state index in [9.17, 15) is 53.5 Å². The van der Waals surface area contributed by atoms with Crippen molar-refractivity contribution in [1.82, 2.24) is 19.5 Å². The minimum absolute atomic E-state index is 0.326. The molecule has 1 aromatic carbocycles. The van der Waals surface area contributed by atoms with Crippen molar-refractivity contribution in [1.29, 1.82) is 0 Å². The van der Waals surface area contributed by atoms with Gasteiger partial charge in [0.25, 0.3) is 5.91 Å². The summed E-state index contributed by atoms with van der Waals surface area (Å²) in [5, 5.41) is 3.10. The number of carbonyl (C=O) groups excluding carboxylic acids is 3. The molecular formula is C23H21ClF7N5O6S. The maximum absolute atomic E-state index is 13.7. The van der Waals surface area contributed by atoms with Crippen LogP contribution in [-0.2, 0) is 32.8 Å². The van der Waals surface area contributed by atoms with Crippen molar-refractivity contribution < 1.29 is 58.3 Å². The minimum atomic E-state index is -5.08. The number of hydrogen-bond acceptors (Lipinski definition) is 6. The van der Waals surface area contributed by atoms with Crippen LogP contribution in [0.5, 0.6) is 5.75 Å². The number of halogens is 8. The summed E-state index contributed by atoms with van der Waals surface area (Å²) in [7, 11) is -3.45. The number of carbonyl (C=O) groups is 3. The first-order valence-corrected chi connectivity index (χ1v) is 14.0. The van der Waals surface area contributed by atoms with Crippen LogP contribution in [0.25, 0.3) is 0 Å². The van der Waals surface area contributed by atoms with Crippen molar-refractivity contribution in [2.24, 2.45) is 13.0 Å². The largest absolute Gasteiger partial charge is 0.489 e. The van der Waals surface area contributed by atoms with Crippen molar-refractivity contribution in [3.05, 3.63) is 40.4 Å². The number of alkyl halides is 6. The predicted molar refractivity (Wildman–Crippen MR) is 133 cm³/mol. The van der Waals surface area contributed by atoms with E-state index in [-0.39, 0.29) is 13.2 Å². The lowest BCUT2D eigenvalue weighted by atomic mass is 10.1. The maximum atomic E-state index is 13.7. The molecule has 3 N–H and O–H groups in total. The Morgan fingerprint density at radius 2 is 1.79 bits per heavy atom. The van der Waals surface area contributed by atoms with Gasteiger partial charge in [0.15, 0.2) is 16.3 Å². The van der Waals surface area contributed by atoms with Crippen LogP contribution in [0.1, 0.15) is 23.0 Å². The first kappa shape index (κ1) is 32.3. The molecule has 0 unspecified atom stereocenters. The van der Waals surface area contributed by atoms with Crippen molar-refractivity contribution in [2.45, 2.75) is 36.3 Å². The highest BCUT2D eigenvalue weighted by Crippen LogP contribution is 2.40. The molecule has 4 rings (SSSR count). The second-order valence-corrected chi connectivity index (χ2v) is 11.8. The van der Waals surface area contributed by atoms with Crippen LogP contribution in [-0.4, -0.2) is 73.6 Å². The maximum Gasteiger partial charge on any atom is 0.419 e. The van der Waals surface area contributed by atoms with E-state index in [1.54, 1.807) is 0 Å². The van der Waals surface area contributed by atoms with Crippen LogP contribution in [0.3, 0.4) is 0 Å². The Hall–Kier alpha value is -3.58. The van der Waals surface area contributed by atoms with E-state index in [4.69, 9.17) is 16.3 Å². The Balaban J connectivity index is 1.59. The molecule has 20 heteroatoms. The third-order valence-electron chi connectivity index (χ3n) is 6.76. The predicted octanol–water partition coefficient (Wildman–Crippen LogP) is 2.65. The molecule has 2 aliphatic heterocycles. The van der Waals surface area contributed by atoms with E-state index in [1.807, 2.05) is 0 Å². The van der Waals surface area contributed by atoms with Crippen molar-refractivity contribution in [3.8, 4) is 5.75 Å². The Bertz CT molecular complexity index is 1590. The molecule has 1 fully saturated rings. The first-order valence-electron chi connectivity index (χ1n) is 12.1. The third kappa shape index (κ3) is 6.37. The molecule has 2 aromatic rings. The molecule has 0 radical (unpaired) electrons.